The van der Waals surface area contributed by atoms with Crippen LogP contribution < -0.4 is 0 Å². The molecule has 10 heavy (non-hydrogen) atoms. The van der Waals surface area contributed by atoms with Crippen molar-refractivity contribution in [3.05, 3.63) is 23.4 Å². The van der Waals surface area contributed by atoms with Crippen LogP contribution in [0.15, 0.2) is 23.4 Å². The molecule has 0 spiro atoms. The molecule has 1 atom stereocenters. The Kier molecular flexibility index (Phi) is 1.97. The smallest absolute Gasteiger partial charge is 0.350 e. The van der Waals surface area contributed by atoms with Crippen molar-refractivity contribution in [3.63, 3.8) is 0 Å². The molecule has 4 heteroatoms. The van der Waals surface area contributed by atoms with E-state index >= 15 is 0 Å². The van der Waals surface area contributed by atoms with E-state index in [0.717, 1.165) is 0 Å². The summed E-state index contributed by atoms with van der Waals surface area (Å²) in [7, 11) is 0. The number of carbonyl (C=O) groups is 1. The Morgan fingerprint density at radius 3 is 2.90 bits per heavy atom. The van der Waals surface area contributed by atoms with E-state index < -0.39 is 12.1 Å². The largest absolute Gasteiger partial charge is 0.481 e. The molecule has 0 amide bonds. The summed E-state index contributed by atoms with van der Waals surface area (Å²) in [5, 5.41) is 8.61. The van der Waals surface area contributed by atoms with Crippen molar-refractivity contribution in [2.24, 2.45) is 0 Å². The number of aliphatic carboxylic acids is 1. The molecule has 0 aromatic carbocycles. The van der Waals surface area contributed by atoms with Crippen molar-refractivity contribution in [1.29, 1.82) is 0 Å². The van der Waals surface area contributed by atoms with Gasteiger partial charge in [0.2, 0.25) is 6.10 Å². The number of hydrogen-bond donors (Lipinski definition) is 1. The maximum Gasteiger partial charge on any atom is 0.350 e. The maximum atomic E-state index is 10.3. The molecule has 0 aromatic heterocycles. The van der Waals surface area contributed by atoms with Gasteiger partial charge in [-0.2, -0.15) is 0 Å². The lowest BCUT2D eigenvalue weighted by Gasteiger charge is -2.12. The third kappa shape index (κ3) is 1.30. The first kappa shape index (κ1) is 7.15. The summed E-state index contributed by atoms with van der Waals surface area (Å²) in [4.78, 5) is 10.3. The lowest BCUT2D eigenvalue weighted by molar-refractivity contribution is -0.144. The second-order valence-corrected chi connectivity index (χ2v) is 2.17. The fourth-order valence-electron chi connectivity index (χ4n) is 0.584. The van der Waals surface area contributed by atoms with Crippen molar-refractivity contribution in [2.75, 3.05) is 0 Å². The zero-order chi connectivity index (χ0) is 7.56. The zero-order valence-electron chi connectivity index (χ0n) is 4.95. The molecule has 54 valence electrons. The highest BCUT2D eigenvalue weighted by atomic mass is 35.5. The molecule has 1 rings (SSSR count). The van der Waals surface area contributed by atoms with Crippen LogP contribution in [0.1, 0.15) is 0 Å². The van der Waals surface area contributed by atoms with Gasteiger partial charge in [0.25, 0.3) is 0 Å². The molecular weight excluding hydrogens is 156 g/mol. The van der Waals surface area contributed by atoms with Gasteiger partial charge in [-0.05, 0) is 12.2 Å². The van der Waals surface area contributed by atoms with Crippen LogP contribution in [0, 0.1) is 0 Å². The SMILES string of the molecule is O=C(O)C1OC=CC=C1Cl. The summed E-state index contributed by atoms with van der Waals surface area (Å²) >= 11 is 5.48. The minimum absolute atomic E-state index is 0.190. The molecule has 1 N–H and O–H groups in total. The minimum Gasteiger partial charge on any atom is -0.481 e. The number of halogens is 1. The van der Waals surface area contributed by atoms with Gasteiger partial charge in [-0.1, -0.05) is 11.6 Å². The highest BCUT2D eigenvalue weighted by Crippen LogP contribution is 2.16. The van der Waals surface area contributed by atoms with Crippen LogP contribution in [0.4, 0.5) is 0 Å². The van der Waals surface area contributed by atoms with Crippen molar-refractivity contribution in [1.82, 2.24) is 0 Å². The Labute approximate surface area is 62.6 Å². The Morgan fingerprint density at radius 1 is 1.80 bits per heavy atom. The summed E-state index contributed by atoms with van der Waals surface area (Å²) < 4.78 is 4.67. The Balaban J connectivity index is 2.73. The third-order valence-electron chi connectivity index (χ3n) is 1.02. The average molecular weight is 161 g/mol. The number of allylic oxidation sites excluding steroid dienone is 2. The molecule has 1 heterocycles. The van der Waals surface area contributed by atoms with Crippen molar-refractivity contribution < 1.29 is 14.6 Å². The molecule has 0 fully saturated rings. The lowest BCUT2D eigenvalue weighted by Crippen LogP contribution is -2.23. The highest BCUT2D eigenvalue weighted by Gasteiger charge is 2.22. The van der Waals surface area contributed by atoms with Crippen molar-refractivity contribution in [3.8, 4) is 0 Å². The second kappa shape index (κ2) is 2.75. The Hall–Kier alpha value is -0.960. The van der Waals surface area contributed by atoms with E-state index in [9.17, 15) is 4.79 Å². The molecule has 0 radical (unpaired) electrons. The molecular formula is C6H5ClO3. The molecule has 0 aromatic rings. The number of hydrogen-bond acceptors (Lipinski definition) is 2. The molecule has 0 bridgehead atoms. The van der Waals surface area contributed by atoms with E-state index in [1.807, 2.05) is 0 Å². The van der Waals surface area contributed by atoms with Crippen LogP contribution in [0.25, 0.3) is 0 Å². The number of ether oxygens (including phenoxy) is 1. The predicted molar refractivity (Wildman–Crippen MR) is 35.6 cm³/mol. The van der Waals surface area contributed by atoms with Gasteiger partial charge in [-0.15, -0.1) is 0 Å². The van der Waals surface area contributed by atoms with Crippen LogP contribution in [-0.2, 0) is 9.53 Å². The standard InChI is InChI=1S/C6H5ClO3/c7-4-2-1-3-10-5(4)6(8)9/h1-3,5H,(H,8,9). The molecule has 0 saturated carbocycles. The predicted octanol–water partition coefficient (Wildman–Crippen LogP) is 1.11. The molecule has 0 saturated heterocycles. The van der Waals surface area contributed by atoms with E-state index in [0.29, 0.717) is 0 Å². The van der Waals surface area contributed by atoms with E-state index in [2.05, 4.69) is 4.74 Å². The quantitative estimate of drug-likeness (QED) is 0.625. The number of rotatable bonds is 1. The van der Waals surface area contributed by atoms with Crippen LogP contribution in [-0.4, -0.2) is 17.2 Å². The summed E-state index contributed by atoms with van der Waals surface area (Å²) in [6.07, 6.45) is 3.31. The van der Waals surface area contributed by atoms with E-state index in [-0.39, 0.29) is 5.03 Å². The van der Waals surface area contributed by atoms with Gasteiger partial charge >= 0.3 is 5.97 Å². The van der Waals surface area contributed by atoms with Gasteiger partial charge in [0.1, 0.15) is 0 Å². The molecule has 1 unspecified atom stereocenters. The topological polar surface area (TPSA) is 46.5 Å². The third-order valence-corrected chi connectivity index (χ3v) is 1.35. The molecule has 1 aliphatic heterocycles. The molecule has 0 aliphatic carbocycles. The minimum atomic E-state index is -1.08. The van der Waals surface area contributed by atoms with Gasteiger partial charge in [-0.25, -0.2) is 4.79 Å². The first-order valence-electron chi connectivity index (χ1n) is 2.62. The molecule has 3 nitrogen and oxygen atoms in total. The van der Waals surface area contributed by atoms with Crippen LogP contribution >= 0.6 is 11.6 Å². The van der Waals surface area contributed by atoms with Crippen LogP contribution in [0.3, 0.4) is 0 Å². The Bertz CT molecular complexity index is 207. The van der Waals surface area contributed by atoms with Gasteiger partial charge in [-0.3, -0.25) is 0 Å². The van der Waals surface area contributed by atoms with E-state index in [4.69, 9.17) is 16.7 Å². The number of carboxylic acid groups (broad SMARTS) is 1. The van der Waals surface area contributed by atoms with Gasteiger partial charge in [0.05, 0.1) is 11.3 Å². The summed E-state index contributed by atoms with van der Waals surface area (Å²) in [5.41, 5.74) is 0. The maximum absolute atomic E-state index is 10.3. The normalized spacial score (nSPS) is 23.3. The first-order valence-corrected chi connectivity index (χ1v) is 3.00. The number of carboxylic acids is 1. The van der Waals surface area contributed by atoms with Crippen LogP contribution in [0.2, 0.25) is 0 Å². The van der Waals surface area contributed by atoms with E-state index in [1.165, 1.54) is 12.3 Å². The van der Waals surface area contributed by atoms with Crippen LogP contribution in [0.5, 0.6) is 0 Å². The summed E-state index contributed by atoms with van der Waals surface area (Å²) in [5.74, 6) is -1.08. The highest BCUT2D eigenvalue weighted by molar-refractivity contribution is 6.31. The lowest BCUT2D eigenvalue weighted by atomic mass is 10.3. The summed E-state index contributed by atoms with van der Waals surface area (Å²) in [6.45, 7) is 0. The summed E-state index contributed by atoms with van der Waals surface area (Å²) in [6, 6.07) is 0. The first-order chi connectivity index (χ1) is 4.72. The van der Waals surface area contributed by atoms with Crippen molar-refractivity contribution >= 4 is 17.6 Å². The van der Waals surface area contributed by atoms with Crippen molar-refractivity contribution in [2.45, 2.75) is 6.10 Å². The second-order valence-electron chi connectivity index (χ2n) is 1.73. The van der Waals surface area contributed by atoms with Gasteiger partial charge in [0, 0.05) is 0 Å². The monoisotopic (exact) mass is 160 g/mol. The Morgan fingerprint density at radius 2 is 2.50 bits per heavy atom. The fourth-order valence-corrected chi connectivity index (χ4v) is 0.801. The van der Waals surface area contributed by atoms with Gasteiger partial charge in [0.15, 0.2) is 0 Å². The fraction of sp³-hybridized carbons (Fsp3) is 0.167. The molecule has 1 aliphatic rings. The zero-order valence-corrected chi connectivity index (χ0v) is 5.71. The van der Waals surface area contributed by atoms with Gasteiger partial charge < -0.3 is 9.84 Å². The average Bonchev–Trinajstić information content (AvgIpc) is 1.88. The van der Waals surface area contributed by atoms with E-state index in [1.54, 1.807) is 6.08 Å².